The highest BCUT2D eigenvalue weighted by Crippen LogP contribution is 2.29. The van der Waals surface area contributed by atoms with E-state index in [0.717, 1.165) is 24.3 Å². The molecule has 0 saturated carbocycles. The van der Waals surface area contributed by atoms with Crippen LogP contribution in [0.3, 0.4) is 0 Å². The number of hydroxylamine groups is 1. The molecule has 2 rings (SSSR count). The Kier molecular flexibility index (Phi) is 9.67. The lowest BCUT2D eigenvalue weighted by atomic mass is 10.1. The van der Waals surface area contributed by atoms with E-state index < -0.39 is 29.7 Å². The van der Waals surface area contributed by atoms with E-state index in [1.54, 1.807) is 12.1 Å². The SMILES string of the molecule is O=C(CCCCC[C@H](NC(=O)Nc1ccc(C(F)(F)F)cc1)C(=O)NO)Nc1ccccc1. The second-order valence-electron chi connectivity index (χ2n) is 7.22. The van der Waals surface area contributed by atoms with Crippen LogP contribution in [0.2, 0.25) is 0 Å². The van der Waals surface area contributed by atoms with Gasteiger partial charge in [0.25, 0.3) is 5.91 Å². The molecule has 1 atom stereocenters. The van der Waals surface area contributed by atoms with Crippen molar-refractivity contribution in [2.45, 2.75) is 44.3 Å². The van der Waals surface area contributed by atoms with E-state index in [1.165, 1.54) is 5.48 Å². The largest absolute Gasteiger partial charge is 0.416 e. The highest BCUT2D eigenvalue weighted by Gasteiger charge is 2.30. The third kappa shape index (κ3) is 9.19. The molecule has 2 aromatic carbocycles. The van der Waals surface area contributed by atoms with Gasteiger partial charge in [0, 0.05) is 17.8 Å². The Labute approximate surface area is 188 Å². The fourth-order valence-electron chi connectivity index (χ4n) is 2.97. The first kappa shape index (κ1) is 25.7. The lowest BCUT2D eigenvalue weighted by Gasteiger charge is -2.17. The Morgan fingerprint density at radius 1 is 0.848 bits per heavy atom. The first-order valence-electron chi connectivity index (χ1n) is 10.2. The number of hydrogen-bond donors (Lipinski definition) is 5. The van der Waals surface area contributed by atoms with E-state index in [4.69, 9.17) is 5.21 Å². The monoisotopic (exact) mass is 466 g/mol. The van der Waals surface area contributed by atoms with E-state index in [-0.39, 0.29) is 24.4 Å². The summed E-state index contributed by atoms with van der Waals surface area (Å²) in [5.74, 6) is -0.973. The number of unbranched alkanes of at least 4 members (excludes halogenated alkanes) is 2. The summed E-state index contributed by atoms with van der Waals surface area (Å²) in [6.45, 7) is 0. The van der Waals surface area contributed by atoms with Crippen LogP contribution in [0.15, 0.2) is 54.6 Å². The van der Waals surface area contributed by atoms with Crippen LogP contribution in [0.4, 0.5) is 29.3 Å². The number of carbonyl (C=O) groups is 3. The number of hydrogen-bond acceptors (Lipinski definition) is 4. The maximum Gasteiger partial charge on any atom is 0.416 e. The molecule has 11 heteroatoms. The van der Waals surface area contributed by atoms with E-state index >= 15 is 0 Å². The molecule has 0 saturated heterocycles. The summed E-state index contributed by atoms with van der Waals surface area (Å²) in [5, 5.41) is 16.4. The Morgan fingerprint density at radius 3 is 2.09 bits per heavy atom. The molecule has 8 nitrogen and oxygen atoms in total. The molecule has 0 radical (unpaired) electrons. The molecule has 0 aliphatic heterocycles. The van der Waals surface area contributed by atoms with E-state index in [2.05, 4.69) is 16.0 Å². The fraction of sp³-hybridized carbons (Fsp3) is 0.318. The molecule has 0 heterocycles. The van der Waals surface area contributed by atoms with Gasteiger partial charge in [0.2, 0.25) is 5.91 Å². The number of urea groups is 1. The van der Waals surface area contributed by atoms with Crippen LogP contribution in [-0.4, -0.2) is 29.1 Å². The second kappa shape index (κ2) is 12.4. The average molecular weight is 466 g/mol. The van der Waals surface area contributed by atoms with Crippen LogP contribution in [-0.2, 0) is 15.8 Å². The molecule has 0 bridgehead atoms. The Hall–Kier alpha value is -3.60. The van der Waals surface area contributed by atoms with Crippen molar-refractivity contribution < 1.29 is 32.8 Å². The fourth-order valence-corrected chi connectivity index (χ4v) is 2.97. The summed E-state index contributed by atoms with van der Waals surface area (Å²) in [6.07, 6.45) is -2.38. The van der Waals surface area contributed by atoms with Crippen LogP contribution >= 0.6 is 0 Å². The molecule has 33 heavy (non-hydrogen) atoms. The Morgan fingerprint density at radius 2 is 1.48 bits per heavy atom. The minimum Gasteiger partial charge on any atom is -0.326 e. The smallest absolute Gasteiger partial charge is 0.326 e. The molecular formula is C22H25F3N4O4. The van der Waals surface area contributed by atoms with Crippen LogP contribution in [0, 0.1) is 0 Å². The van der Waals surface area contributed by atoms with Crippen molar-refractivity contribution in [1.29, 1.82) is 0 Å². The van der Waals surface area contributed by atoms with E-state index in [1.807, 2.05) is 18.2 Å². The molecule has 0 aliphatic carbocycles. The zero-order chi connectivity index (χ0) is 24.3. The van der Waals surface area contributed by atoms with Crippen LogP contribution in [0.1, 0.15) is 37.7 Å². The number of amides is 4. The van der Waals surface area contributed by atoms with Crippen molar-refractivity contribution in [2.75, 3.05) is 10.6 Å². The number of benzene rings is 2. The van der Waals surface area contributed by atoms with Gasteiger partial charge in [-0.05, 0) is 49.2 Å². The predicted molar refractivity (Wildman–Crippen MR) is 115 cm³/mol. The zero-order valence-electron chi connectivity index (χ0n) is 17.6. The molecule has 0 unspecified atom stereocenters. The lowest BCUT2D eigenvalue weighted by molar-refractivity contribution is -0.137. The van der Waals surface area contributed by atoms with Crippen molar-refractivity contribution in [3.05, 3.63) is 60.2 Å². The Bertz CT molecular complexity index is 921. The summed E-state index contributed by atoms with van der Waals surface area (Å²) in [5.41, 5.74) is 1.42. The van der Waals surface area contributed by atoms with Gasteiger partial charge in [0.15, 0.2) is 0 Å². The van der Waals surface area contributed by atoms with Gasteiger partial charge < -0.3 is 16.0 Å². The molecule has 0 aromatic heterocycles. The summed E-state index contributed by atoms with van der Waals surface area (Å²) in [4.78, 5) is 35.9. The molecule has 5 N–H and O–H groups in total. The zero-order valence-corrected chi connectivity index (χ0v) is 17.6. The van der Waals surface area contributed by atoms with Crippen molar-refractivity contribution in [3.8, 4) is 0 Å². The molecular weight excluding hydrogens is 441 g/mol. The minimum atomic E-state index is -4.49. The molecule has 4 amide bonds. The minimum absolute atomic E-state index is 0.105. The first-order chi connectivity index (χ1) is 15.7. The number of para-hydroxylation sites is 1. The maximum atomic E-state index is 12.6. The molecule has 0 spiro atoms. The summed E-state index contributed by atoms with van der Waals surface area (Å²) < 4.78 is 37.8. The van der Waals surface area contributed by atoms with Crippen LogP contribution in [0.5, 0.6) is 0 Å². The highest BCUT2D eigenvalue weighted by molar-refractivity contribution is 5.93. The first-order valence-corrected chi connectivity index (χ1v) is 10.2. The molecule has 2 aromatic rings. The Balaban J connectivity index is 1.75. The van der Waals surface area contributed by atoms with E-state index in [9.17, 15) is 27.6 Å². The number of nitrogens with one attached hydrogen (secondary N) is 4. The summed E-state index contributed by atoms with van der Waals surface area (Å²) in [7, 11) is 0. The van der Waals surface area contributed by atoms with Gasteiger partial charge in [-0.15, -0.1) is 0 Å². The van der Waals surface area contributed by atoms with E-state index in [0.29, 0.717) is 24.9 Å². The number of anilines is 2. The van der Waals surface area contributed by atoms with Crippen LogP contribution < -0.4 is 21.4 Å². The van der Waals surface area contributed by atoms with Gasteiger partial charge in [-0.3, -0.25) is 14.8 Å². The normalized spacial score (nSPS) is 11.9. The predicted octanol–water partition coefficient (Wildman–Crippen LogP) is 4.29. The lowest BCUT2D eigenvalue weighted by Crippen LogP contribution is -2.47. The van der Waals surface area contributed by atoms with Gasteiger partial charge in [-0.25, -0.2) is 10.3 Å². The number of rotatable bonds is 10. The third-order valence-corrected chi connectivity index (χ3v) is 4.66. The standard InChI is InChI=1S/C22H25F3N4O4/c23-22(24,25)15-11-13-17(14-12-15)27-21(32)28-18(20(31)29-33)9-5-2-6-10-19(30)26-16-7-3-1-4-8-16/h1,3-4,7-8,11-14,18,33H,2,5-6,9-10H2,(H,26,30)(H,29,31)(H2,27,28,32)/t18-/m0/s1. The highest BCUT2D eigenvalue weighted by atomic mass is 19.4. The van der Waals surface area contributed by atoms with Gasteiger partial charge >= 0.3 is 12.2 Å². The summed E-state index contributed by atoms with van der Waals surface area (Å²) >= 11 is 0. The van der Waals surface area contributed by atoms with Crippen molar-refractivity contribution in [2.24, 2.45) is 0 Å². The molecule has 0 aliphatic rings. The number of alkyl halides is 3. The topological polar surface area (TPSA) is 120 Å². The van der Waals surface area contributed by atoms with Gasteiger partial charge in [0.05, 0.1) is 5.56 Å². The van der Waals surface area contributed by atoms with Crippen molar-refractivity contribution in [3.63, 3.8) is 0 Å². The van der Waals surface area contributed by atoms with Crippen molar-refractivity contribution >= 4 is 29.2 Å². The molecule has 178 valence electrons. The third-order valence-electron chi connectivity index (χ3n) is 4.66. The molecule has 0 fully saturated rings. The van der Waals surface area contributed by atoms with Crippen molar-refractivity contribution in [1.82, 2.24) is 10.8 Å². The van der Waals surface area contributed by atoms with Gasteiger partial charge in [-0.1, -0.05) is 31.0 Å². The van der Waals surface area contributed by atoms with Crippen LogP contribution in [0.25, 0.3) is 0 Å². The number of halogens is 3. The summed E-state index contributed by atoms with van der Waals surface area (Å²) in [6, 6.07) is 10.9. The maximum absolute atomic E-state index is 12.6. The second-order valence-corrected chi connectivity index (χ2v) is 7.22. The average Bonchev–Trinajstić information content (AvgIpc) is 2.78. The quantitative estimate of drug-likeness (QED) is 0.204. The number of carbonyl (C=O) groups excluding carboxylic acids is 3. The van der Waals surface area contributed by atoms with Gasteiger partial charge in [-0.2, -0.15) is 13.2 Å². The van der Waals surface area contributed by atoms with Gasteiger partial charge in [0.1, 0.15) is 6.04 Å².